The van der Waals surface area contributed by atoms with Gasteiger partial charge in [0.1, 0.15) is 0 Å². The number of halogens is 1. The second kappa shape index (κ2) is 8.55. The summed E-state index contributed by atoms with van der Waals surface area (Å²) in [5.41, 5.74) is 4.33. The first-order chi connectivity index (χ1) is 14.5. The third-order valence-corrected chi connectivity index (χ3v) is 5.29. The quantitative estimate of drug-likeness (QED) is 0.671. The molecular formula is C23H21ClN4O2. The minimum atomic E-state index is -0.249. The average molecular weight is 421 g/mol. The number of hydrogen-bond donors (Lipinski definition) is 2. The molecule has 4 rings (SSSR count). The molecule has 3 aromatic rings. The maximum Gasteiger partial charge on any atom is 0.257 e. The zero-order valence-corrected chi connectivity index (χ0v) is 17.2. The first-order valence-electron chi connectivity index (χ1n) is 9.67. The zero-order chi connectivity index (χ0) is 21.1. The number of hydrogen-bond acceptors (Lipinski definition) is 4. The monoisotopic (exact) mass is 420 g/mol. The van der Waals surface area contributed by atoms with Gasteiger partial charge in [-0.25, -0.2) is 0 Å². The standard InChI is InChI=1S/C23H21ClN4O2/c1-15-18(8-9-20(26-15)16-5-3-2-4-6-16)23(30)27-17-7-10-21(19(24)13-17)28-12-11-25-22(29)14-28/h2-10,13H,11-12,14H2,1H3,(H,25,29)(H,27,30). The molecule has 1 aromatic heterocycles. The molecule has 0 aliphatic carbocycles. The van der Waals surface area contributed by atoms with E-state index < -0.39 is 0 Å². The van der Waals surface area contributed by atoms with Gasteiger partial charge in [-0.1, -0.05) is 41.9 Å². The highest BCUT2D eigenvalue weighted by molar-refractivity contribution is 6.33. The first-order valence-corrected chi connectivity index (χ1v) is 10.0. The van der Waals surface area contributed by atoms with Crippen LogP contribution in [0.4, 0.5) is 11.4 Å². The fourth-order valence-corrected chi connectivity index (χ4v) is 3.75. The van der Waals surface area contributed by atoms with Crippen molar-refractivity contribution >= 4 is 34.8 Å². The van der Waals surface area contributed by atoms with Crippen LogP contribution in [0.2, 0.25) is 5.02 Å². The van der Waals surface area contributed by atoms with Crippen molar-refractivity contribution in [2.75, 3.05) is 29.9 Å². The summed E-state index contributed by atoms with van der Waals surface area (Å²) in [6, 6.07) is 18.8. The Bertz CT molecular complexity index is 1100. The molecule has 2 amide bonds. The number of nitrogens with zero attached hydrogens (tertiary/aromatic N) is 2. The van der Waals surface area contributed by atoms with Crippen LogP contribution in [0.5, 0.6) is 0 Å². The molecule has 0 unspecified atom stereocenters. The van der Waals surface area contributed by atoms with Crippen molar-refractivity contribution in [2.45, 2.75) is 6.92 Å². The summed E-state index contributed by atoms with van der Waals surface area (Å²) in [6.07, 6.45) is 0. The normalized spacial score (nSPS) is 13.7. The van der Waals surface area contributed by atoms with Crippen LogP contribution >= 0.6 is 11.6 Å². The highest BCUT2D eigenvalue weighted by Crippen LogP contribution is 2.29. The fraction of sp³-hybridized carbons (Fsp3) is 0.174. The number of anilines is 2. The summed E-state index contributed by atoms with van der Waals surface area (Å²) < 4.78 is 0. The zero-order valence-electron chi connectivity index (χ0n) is 16.5. The summed E-state index contributed by atoms with van der Waals surface area (Å²) in [6.45, 7) is 3.36. The minimum Gasteiger partial charge on any atom is -0.359 e. The Morgan fingerprint density at radius 2 is 1.93 bits per heavy atom. The van der Waals surface area contributed by atoms with Gasteiger partial charge in [0.15, 0.2) is 0 Å². The van der Waals surface area contributed by atoms with Gasteiger partial charge in [0.2, 0.25) is 5.91 Å². The van der Waals surface area contributed by atoms with Gasteiger partial charge in [0, 0.05) is 24.3 Å². The average Bonchev–Trinajstić information content (AvgIpc) is 2.74. The summed E-state index contributed by atoms with van der Waals surface area (Å²) in [4.78, 5) is 30.9. The van der Waals surface area contributed by atoms with E-state index in [9.17, 15) is 9.59 Å². The molecule has 2 aromatic carbocycles. The molecule has 6 nitrogen and oxygen atoms in total. The molecule has 152 valence electrons. The lowest BCUT2D eigenvalue weighted by Gasteiger charge is -2.29. The van der Waals surface area contributed by atoms with Crippen molar-refractivity contribution in [1.82, 2.24) is 10.3 Å². The van der Waals surface area contributed by atoms with Crippen LogP contribution in [0.3, 0.4) is 0 Å². The second-order valence-corrected chi connectivity index (χ2v) is 7.49. The largest absolute Gasteiger partial charge is 0.359 e. The fourth-order valence-electron chi connectivity index (χ4n) is 3.45. The van der Waals surface area contributed by atoms with Crippen LogP contribution in [0, 0.1) is 6.92 Å². The van der Waals surface area contributed by atoms with Gasteiger partial charge in [-0.05, 0) is 37.3 Å². The van der Waals surface area contributed by atoms with Gasteiger partial charge in [-0.3, -0.25) is 14.6 Å². The number of amides is 2. The Balaban J connectivity index is 1.50. The smallest absolute Gasteiger partial charge is 0.257 e. The molecular weight excluding hydrogens is 400 g/mol. The van der Waals surface area contributed by atoms with Gasteiger partial charge in [0.25, 0.3) is 5.91 Å². The molecule has 1 aliphatic rings. The number of carbonyl (C=O) groups is 2. The summed E-state index contributed by atoms with van der Waals surface area (Å²) in [5, 5.41) is 6.15. The van der Waals surface area contributed by atoms with Gasteiger partial charge in [-0.2, -0.15) is 0 Å². The maximum atomic E-state index is 12.8. The number of benzene rings is 2. The predicted molar refractivity (Wildman–Crippen MR) is 119 cm³/mol. The molecule has 0 spiro atoms. The third kappa shape index (κ3) is 4.28. The lowest BCUT2D eigenvalue weighted by atomic mass is 10.1. The molecule has 2 N–H and O–H groups in total. The number of aromatic nitrogens is 1. The molecule has 1 saturated heterocycles. The van der Waals surface area contributed by atoms with E-state index in [-0.39, 0.29) is 18.4 Å². The number of rotatable bonds is 4. The summed E-state index contributed by atoms with van der Waals surface area (Å²) in [7, 11) is 0. The van der Waals surface area contributed by atoms with Crippen molar-refractivity contribution in [2.24, 2.45) is 0 Å². The Hall–Kier alpha value is -3.38. The molecule has 0 bridgehead atoms. The van der Waals surface area contributed by atoms with Crippen molar-refractivity contribution in [3.05, 3.63) is 76.9 Å². The van der Waals surface area contributed by atoms with Gasteiger partial charge in [0.05, 0.1) is 34.2 Å². The molecule has 1 fully saturated rings. The molecule has 7 heteroatoms. The van der Waals surface area contributed by atoms with E-state index in [4.69, 9.17) is 11.6 Å². The van der Waals surface area contributed by atoms with E-state index in [0.29, 0.717) is 35.1 Å². The molecule has 1 aliphatic heterocycles. The minimum absolute atomic E-state index is 0.0309. The van der Waals surface area contributed by atoms with Gasteiger partial charge >= 0.3 is 0 Å². The topological polar surface area (TPSA) is 74.3 Å². The Morgan fingerprint density at radius 1 is 1.13 bits per heavy atom. The highest BCUT2D eigenvalue weighted by atomic mass is 35.5. The van der Waals surface area contributed by atoms with Crippen LogP contribution in [-0.2, 0) is 4.79 Å². The number of aryl methyl sites for hydroxylation is 1. The Labute approximate surface area is 179 Å². The van der Waals surface area contributed by atoms with E-state index in [2.05, 4.69) is 15.6 Å². The van der Waals surface area contributed by atoms with E-state index in [1.807, 2.05) is 54.3 Å². The van der Waals surface area contributed by atoms with Gasteiger partial charge < -0.3 is 15.5 Å². The van der Waals surface area contributed by atoms with Crippen LogP contribution < -0.4 is 15.5 Å². The first kappa shape index (κ1) is 19.9. The van der Waals surface area contributed by atoms with E-state index in [1.54, 1.807) is 18.2 Å². The lowest BCUT2D eigenvalue weighted by Crippen LogP contribution is -2.47. The molecule has 0 atom stereocenters. The Morgan fingerprint density at radius 3 is 2.63 bits per heavy atom. The third-order valence-electron chi connectivity index (χ3n) is 4.98. The lowest BCUT2D eigenvalue weighted by molar-refractivity contribution is -0.120. The van der Waals surface area contributed by atoms with Crippen LogP contribution in [0.15, 0.2) is 60.7 Å². The second-order valence-electron chi connectivity index (χ2n) is 7.09. The summed E-state index contributed by atoms with van der Waals surface area (Å²) >= 11 is 6.42. The number of piperazine rings is 1. The molecule has 0 saturated carbocycles. The van der Waals surface area contributed by atoms with Crippen molar-refractivity contribution < 1.29 is 9.59 Å². The van der Waals surface area contributed by atoms with E-state index in [1.165, 1.54) is 0 Å². The van der Waals surface area contributed by atoms with Crippen molar-refractivity contribution in [3.63, 3.8) is 0 Å². The van der Waals surface area contributed by atoms with Gasteiger partial charge in [-0.15, -0.1) is 0 Å². The maximum absolute atomic E-state index is 12.8. The Kier molecular flexibility index (Phi) is 5.68. The number of nitrogens with one attached hydrogen (secondary N) is 2. The summed E-state index contributed by atoms with van der Waals surface area (Å²) in [5.74, 6) is -0.280. The molecule has 2 heterocycles. The van der Waals surface area contributed by atoms with Crippen LogP contribution in [-0.4, -0.2) is 36.4 Å². The van der Waals surface area contributed by atoms with Crippen LogP contribution in [0.1, 0.15) is 16.1 Å². The highest BCUT2D eigenvalue weighted by Gasteiger charge is 2.19. The molecule has 0 radical (unpaired) electrons. The van der Waals surface area contributed by atoms with Crippen molar-refractivity contribution in [3.8, 4) is 11.3 Å². The number of carbonyl (C=O) groups excluding carboxylic acids is 2. The molecule has 30 heavy (non-hydrogen) atoms. The van der Waals surface area contributed by atoms with Crippen LogP contribution in [0.25, 0.3) is 11.3 Å². The predicted octanol–water partition coefficient (Wildman–Crippen LogP) is 3.90. The number of pyridine rings is 1. The van der Waals surface area contributed by atoms with E-state index in [0.717, 1.165) is 16.9 Å². The SMILES string of the molecule is Cc1nc(-c2ccccc2)ccc1C(=O)Nc1ccc(N2CCNC(=O)C2)c(Cl)c1. The van der Waals surface area contributed by atoms with E-state index >= 15 is 0 Å². The van der Waals surface area contributed by atoms with Crippen molar-refractivity contribution in [1.29, 1.82) is 0 Å².